The lowest BCUT2D eigenvalue weighted by atomic mass is 10.0. The monoisotopic (exact) mass is 252 g/mol. The summed E-state index contributed by atoms with van der Waals surface area (Å²) in [4.78, 5) is 6.45. The summed E-state index contributed by atoms with van der Waals surface area (Å²) in [6.07, 6.45) is 3.88. The molecule has 1 aromatic heterocycles. The van der Waals surface area contributed by atoms with Crippen molar-refractivity contribution in [2.24, 2.45) is 5.73 Å². The van der Waals surface area contributed by atoms with Crippen molar-refractivity contribution >= 4 is 17.2 Å². The van der Waals surface area contributed by atoms with Gasteiger partial charge in [-0.15, -0.1) is 0 Å². The third-order valence-corrected chi connectivity index (χ3v) is 3.44. The smallest absolute Gasteiger partial charge is 0.143 e. The third-order valence-electron chi connectivity index (χ3n) is 3.44. The van der Waals surface area contributed by atoms with Crippen molar-refractivity contribution in [1.29, 1.82) is 5.41 Å². The molecule has 1 aromatic carbocycles. The molecule has 0 aliphatic carbocycles. The maximum atomic E-state index is 7.67. The van der Waals surface area contributed by atoms with Crippen LogP contribution in [0.4, 0.5) is 11.4 Å². The largest absolute Gasteiger partial charge is 0.382 e. The summed E-state index contributed by atoms with van der Waals surface area (Å²) in [7, 11) is 0. The van der Waals surface area contributed by atoms with Gasteiger partial charge in [-0.25, -0.2) is 0 Å². The molecule has 0 atom stereocenters. The molecule has 1 aliphatic heterocycles. The van der Waals surface area contributed by atoms with Gasteiger partial charge in [0.2, 0.25) is 0 Å². The Hall–Kier alpha value is -2.36. The fraction of sp³-hybridized carbons (Fsp3) is 0.200. The van der Waals surface area contributed by atoms with Crippen LogP contribution in [0.2, 0.25) is 0 Å². The molecule has 3 N–H and O–H groups in total. The normalized spacial score (nSPS) is 14.0. The molecule has 0 unspecified atom stereocenters. The molecular weight excluding hydrogens is 236 g/mol. The number of anilines is 2. The van der Waals surface area contributed by atoms with Gasteiger partial charge in [0.15, 0.2) is 0 Å². The highest BCUT2D eigenvalue weighted by atomic mass is 15.2. The molecule has 2 aromatic rings. The molecular formula is C15H16N4. The Morgan fingerprint density at radius 3 is 2.79 bits per heavy atom. The molecule has 1 aliphatic rings. The number of hydrogen-bond acceptors (Lipinski definition) is 3. The minimum absolute atomic E-state index is 0.0126. The zero-order chi connectivity index (χ0) is 13.2. The van der Waals surface area contributed by atoms with E-state index in [0.29, 0.717) is 5.69 Å². The van der Waals surface area contributed by atoms with E-state index >= 15 is 0 Å². The summed E-state index contributed by atoms with van der Waals surface area (Å²) in [5.41, 5.74) is 9.65. The van der Waals surface area contributed by atoms with Gasteiger partial charge >= 0.3 is 0 Å². The third kappa shape index (κ3) is 2.05. The van der Waals surface area contributed by atoms with Gasteiger partial charge in [0.1, 0.15) is 11.5 Å². The summed E-state index contributed by atoms with van der Waals surface area (Å²) in [5.74, 6) is 0.0126. The SMILES string of the molecule is N=C(N)c1ncccc1N1CCCc2ccccc21. The number of para-hydroxylation sites is 1. The number of benzene rings is 1. The number of hydrogen-bond donors (Lipinski definition) is 2. The van der Waals surface area contributed by atoms with Crippen molar-refractivity contribution in [2.75, 3.05) is 11.4 Å². The summed E-state index contributed by atoms with van der Waals surface area (Å²) < 4.78 is 0. The highest BCUT2D eigenvalue weighted by Crippen LogP contribution is 2.34. The average Bonchev–Trinajstić information content (AvgIpc) is 2.46. The van der Waals surface area contributed by atoms with Crippen LogP contribution in [0.1, 0.15) is 17.7 Å². The quantitative estimate of drug-likeness (QED) is 0.637. The first-order valence-electron chi connectivity index (χ1n) is 6.42. The molecule has 0 saturated heterocycles. The first-order chi connectivity index (χ1) is 9.27. The fourth-order valence-corrected chi connectivity index (χ4v) is 2.61. The number of fused-ring (bicyclic) bond motifs is 1. The predicted molar refractivity (Wildman–Crippen MR) is 77.0 cm³/mol. The minimum Gasteiger partial charge on any atom is -0.382 e. The van der Waals surface area contributed by atoms with Crippen molar-refractivity contribution in [3.8, 4) is 0 Å². The topological polar surface area (TPSA) is 66.0 Å². The molecule has 3 rings (SSSR count). The first kappa shape index (κ1) is 11.7. The Morgan fingerprint density at radius 2 is 1.95 bits per heavy atom. The van der Waals surface area contributed by atoms with Crippen LogP contribution in [0.15, 0.2) is 42.6 Å². The second kappa shape index (κ2) is 4.72. The molecule has 0 saturated carbocycles. The van der Waals surface area contributed by atoms with Crippen molar-refractivity contribution in [3.05, 3.63) is 53.9 Å². The average molecular weight is 252 g/mol. The number of nitrogens with two attached hydrogens (primary N) is 1. The maximum absolute atomic E-state index is 7.67. The highest BCUT2D eigenvalue weighted by molar-refractivity contribution is 5.99. The van der Waals surface area contributed by atoms with Crippen molar-refractivity contribution < 1.29 is 0 Å². The summed E-state index contributed by atoms with van der Waals surface area (Å²) >= 11 is 0. The standard InChI is InChI=1S/C15H16N4/c16-15(17)14-13(8-3-9-18-14)19-10-4-6-11-5-1-2-7-12(11)19/h1-3,5,7-9H,4,6,10H2,(H3,16,17). The molecule has 4 nitrogen and oxygen atoms in total. The fourth-order valence-electron chi connectivity index (χ4n) is 2.61. The number of nitrogen functional groups attached to an aromatic ring is 1. The molecule has 0 radical (unpaired) electrons. The van der Waals surface area contributed by atoms with Crippen LogP contribution >= 0.6 is 0 Å². The van der Waals surface area contributed by atoms with Gasteiger partial charge in [-0.3, -0.25) is 10.4 Å². The second-order valence-corrected chi connectivity index (χ2v) is 4.67. The van der Waals surface area contributed by atoms with Gasteiger partial charge in [0.25, 0.3) is 0 Å². The Morgan fingerprint density at radius 1 is 1.16 bits per heavy atom. The van der Waals surface area contributed by atoms with E-state index in [0.717, 1.165) is 25.1 Å². The predicted octanol–water partition coefficient (Wildman–Crippen LogP) is 2.45. The molecule has 19 heavy (non-hydrogen) atoms. The number of pyridine rings is 1. The van der Waals surface area contributed by atoms with Crippen LogP contribution in [0, 0.1) is 5.41 Å². The van der Waals surface area contributed by atoms with Crippen molar-refractivity contribution in [1.82, 2.24) is 4.98 Å². The van der Waals surface area contributed by atoms with E-state index in [2.05, 4.69) is 28.1 Å². The van der Waals surface area contributed by atoms with Gasteiger partial charge in [-0.2, -0.15) is 0 Å². The molecule has 0 amide bonds. The van der Waals surface area contributed by atoms with E-state index in [9.17, 15) is 0 Å². The van der Waals surface area contributed by atoms with Crippen LogP contribution in [0.3, 0.4) is 0 Å². The van der Waals surface area contributed by atoms with Gasteiger partial charge in [0.05, 0.1) is 5.69 Å². The number of nitrogens with one attached hydrogen (secondary N) is 1. The van der Waals surface area contributed by atoms with Gasteiger partial charge < -0.3 is 10.6 Å². The number of amidine groups is 1. The van der Waals surface area contributed by atoms with Crippen LogP contribution in [-0.4, -0.2) is 17.4 Å². The van der Waals surface area contributed by atoms with E-state index in [1.807, 2.05) is 18.2 Å². The lowest BCUT2D eigenvalue weighted by Gasteiger charge is -2.32. The van der Waals surface area contributed by atoms with Gasteiger partial charge in [-0.05, 0) is 36.6 Å². The van der Waals surface area contributed by atoms with Crippen molar-refractivity contribution in [3.63, 3.8) is 0 Å². The molecule has 0 fully saturated rings. The van der Waals surface area contributed by atoms with E-state index < -0.39 is 0 Å². The van der Waals surface area contributed by atoms with Gasteiger partial charge in [-0.1, -0.05) is 18.2 Å². The minimum atomic E-state index is 0.0126. The molecule has 0 spiro atoms. The maximum Gasteiger partial charge on any atom is 0.143 e. The highest BCUT2D eigenvalue weighted by Gasteiger charge is 2.21. The first-order valence-corrected chi connectivity index (χ1v) is 6.42. The molecule has 4 heteroatoms. The Labute approximate surface area is 112 Å². The van der Waals surface area contributed by atoms with E-state index in [4.69, 9.17) is 11.1 Å². The van der Waals surface area contributed by atoms with Crippen molar-refractivity contribution in [2.45, 2.75) is 12.8 Å². The van der Waals surface area contributed by atoms with E-state index in [-0.39, 0.29) is 5.84 Å². The summed E-state index contributed by atoms with van der Waals surface area (Å²) in [5, 5.41) is 7.67. The number of nitrogens with zero attached hydrogens (tertiary/aromatic N) is 2. The van der Waals surface area contributed by atoms with Crippen LogP contribution in [0.5, 0.6) is 0 Å². The Kier molecular flexibility index (Phi) is 2.91. The van der Waals surface area contributed by atoms with Crippen LogP contribution in [0.25, 0.3) is 0 Å². The lowest BCUT2D eigenvalue weighted by molar-refractivity contribution is 0.765. The second-order valence-electron chi connectivity index (χ2n) is 4.67. The van der Waals surface area contributed by atoms with E-state index in [1.54, 1.807) is 6.20 Å². The number of rotatable bonds is 2. The molecule has 0 bridgehead atoms. The van der Waals surface area contributed by atoms with Gasteiger partial charge in [0, 0.05) is 18.4 Å². The molecule has 2 heterocycles. The molecule has 96 valence electrons. The number of aromatic nitrogens is 1. The summed E-state index contributed by atoms with van der Waals surface area (Å²) in [6, 6.07) is 12.2. The van der Waals surface area contributed by atoms with Crippen LogP contribution in [-0.2, 0) is 6.42 Å². The summed E-state index contributed by atoms with van der Waals surface area (Å²) in [6.45, 7) is 0.934. The zero-order valence-electron chi connectivity index (χ0n) is 10.6. The van der Waals surface area contributed by atoms with E-state index in [1.165, 1.54) is 11.3 Å². The Bertz CT molecular complexity index is 621. The van der Waals surface area contributed by atoms with Crippen LogP contribution < -0.4 is 10.6 Å². The number of aryl methyl sites for hydroxylation is 1. The Balaban J connectivity index is 2.12. The lowest BCUT2D eigenvalue weighted by Crippen LogP contribution is -2.27. The zero-order valence-corrected chi connectivity index (χ0v) is 10.6.